The number of β-amino-alcohol motifs (C(OH)–C–C–N with tert-alkyl or cyclic N) is 1. The summed E-state index contributed by atoms with van der Waals surface area (Å²) in [7, 11) is 0. The van der Waals surface area contributed by atoms with E-state index < -0.39 is 0 Å². The van der Waals surface area contributed by atoms with Gasteiger partial charge in [0.1, 0.15) is 0 Å². The first-order chi connectivity index (χ1) is 8.19. The average molecular weight is 251 g/mol. The maximum atomic E-state index is 9.86. The smallest absolute Gasteiger partial charge is 0.0693 e. The van der Waals surface area contributed by atoms with Crippen molar-refractivity contribution in [3.05, 3.63) is 29.8 Å². The third kappa shape index (κ3) is 3.47. The van der Waals surface area contributed by atoms with Gasteiger partial charge in [0, 0.05) is 18.0 Å². The molecule has 1 aliphatic rings. The van der Waals surface area contributed by atoms with Gasteiger partial charge in [-0.2, -0.15) is 0 Å². The predicted molar refractivity (Wildman–Crippen MR) is 73.3 cm³/mol. The molecule has 1 saturated heterocycles. The van der Waals surface area contributed by atoms with Crippen LogP contribution in [0.25, 0.3) is 0 Å². The number of likely N-dealkylation sites (tertiary alicyclic amines) is 1. The lowest BCUT2D eigenvalue weighted by molar-refractivity contribution is 0.0259. The van der Waals surface area contributed by atoms with Crippen molar-refractivity contribution < 1.29 is 5.11 Å². The molecule has 0 aliphatic carbocycles. The van der Waals surface area contributed by atoms with Crippen molar-refractivity contribution in [3.63, 3.8) is 0 Å². The van der Waals surface area contributed by atoms with Gasteiger partial charge in [-0.1, -0.05) is 19.1 Å². The minimum absolute atomic E-state index is 0.158. The summed E-state index contributed by atoms with van der Waals surface area (Å²) in [4.78, 5) is 3.65. The van der Waals surface area contributed by atoms with Crippen LogP contribution in [0, 0.1) is 5.92 Å². The van der Waals surface area contributed by atoms with E-state index in [1.54, 1.807) is 11.8 Å². The largest absolute Gasteiger partial charge is 0.392 e. The van der Waals surface area contributed by atoms with Crippen molar-refractivity contribution in [3.8, 4) is 0 Å². The summed E-state index contributed by atoms with van der Waals surface area (Å²) in [6, 6.07) is 8.72. The highest BCUT2D eigenvalue weighted by Crippen LogP contribution is 2.20. The van der Waals surface area contributed by atoms with E-state index in [2.05, 4.69) is 42.3 Å². The van der Waals surface area contributed by atoms with Gasteiger partial charge in [-0.25, -0.2) is 0 Å². The van der Waals surface area contributed by atoms with Crippen LogP contribution in [0.1, 0.15) is 18.9 Å². The third-order valence-electron chi connectivity index (χ3n) is 3.57. The summed E-state index contributed by atoms with van der Waals surface area (Å²) < 4.78 is 0. The maximum Gasteiger partial charge on any atom is 0.0693 e. The Bertz CT molecular complexity index is 352. The van der Waals surface area contributed by atoms with Crippen LogP contribution in [0.2, 0.25) is 0 Å². The van der Waals surface area contributed by atoms with E-state index in [1.165, 1.54) is 10.5 Å². The van der Waals surface area contributed by atoms with E-state index in [9.17, 15) is 5.11 Å². The van der Waals surface area contributed by atoms with Crippen LogP contribution >= 0.6 is 11.8 Å². The Morgan fingerprint density at radius 2 is 2.06 bits per heavy atom. The third-order valence-corrected chi connectivity index (χ3v) is 4.31. The lowest BCUT2D eigenvalue weighted by Gasteiger charge is -2.34. The quantitative estimate of drug-likeness (QED) is 0.835. The van der Waals surface area contributed by atoms with Crippen LogP contribution in [0.3, 0.4) is 0 Å². The Labute approximate surface area is 108 Å². The molecule has 2 unspecified atom stereocenters. The number of hydrogen-bond donors (Lipinski definition) is 1. The van der Waals surface area contributed by atoms with Crippen molar-refractivity contribution in [2.75, 3.05) is 19.3 Å². The van der Waals surface area contributed by atoms with Crippen LogP contribution in [0.4, 0.5) is 0 Å². The zero-order valence-corrected chi connectivity index (χ0v) is 11.4. The average Bonchev–Trinajstić information content (AvgIpc) is 2.35. The minimum atomic E-state index is -0.158. The number of rotatable bonds is 3. The standard InChI is InChI=1S/C14H21NOS/c1-11-7-8-15(10-14(11)16)9-12-3-5-13(17-2)6-4-12/h3-6,11,14,16H,7-10H2,1-2H3. The molecule has 1 aromatic rings. The second-order valence-corrected chi connectivity index (χ2v) is 5.80. The fourth-order valence-electron chi connectivity index (χ4n) is 2.25. The van der Waals surface area contributed by atoms with Crippen molar-refractivity contribution in [2.24, 2.45) is 5.92 Å². The molecule has 17 heavy (non-hydrogen) atoms. The van der Waals surface area contributed by atoms with Gasteiger partial charge in [0.15, 0.2) is 0 Å². The Balaban J connectivity index is 1.92. The van der Waals surface area contributed by atoms with Crippen LogP contribution in [-0.2, 0) is 6.54 Å². The number of nitrogens with zero attached hydrogens (tertiary/aromatic N) is 1. The summed E-state index contributed by atoms with van der Waals surface area (Å²) in [5.74, 6) is 0.449. The van der Waals surface area contributed by atoms with Gasteiger partial charge in [-0.15, -0.1) is 11.8 Å². The highest BCUT2D eigenvalue weighted by molar-refractivity contribution is 7.98. The Morgan fingerprint density at radius 3 is 2.65 bits per heavy atom. The van der Waals surface area contributed by atoms with E-state index in [1.807, 2.05) is 0 Å². The molecule has 1 N–H and O–H groups in total. The number of aliphatic hydroxyl groups is 1. The van der Waals surface area contributed by atoms with Crippen LogP contribution in [0.15, 0.2) is 29.2 Å². The number of thioether (sulfide) groups is 1. The van der Waals surface area contributed by atoms with Gasteiger partial charge < -0.3 is 5.11 Å². The molecule has 0 spiro atoms. The molecule has 0 radical (unpaired) electrons. The van der Waals surface area contributed by atoms with Crippen LogP contribution in [0.5, 0.6) is 0 Å². The monoisotopic (exact) mass is 251 g/mol. The summed E-state index contributed by atoms with van der Waals surface area (Å²) in [5, 5.41) is 9.86. The van der Waals surface area contributed by atoms with Crippen molar-refractivity contribution >= 4 is 11.8 Å². The number of piperidine rings is 1. The fraction of sp³-hybridized carbons (Fsp3) is 0.571. The second-order valence-electron chi connectivity index (χ2n) is 4.92. The molecule has 0 bridgehead atoms. The predicted octanol–water partition coefficient (Wildman–Crippen LogP) is 2.61. The van der Waals surface area contributed by atoms with E-state index >= 15 is 0 Å². The molecule has 1 fully saturated rings. The molecule has 1 aromatic carbocycles. The molecular weight excluding hydrogens is 230 g/mol. The summed E-state index contributed by atoms with van der Waals surface area (Å²) in [6.07, 6.45) is 3.04. The van der Waals surface area contributed by atoms with E-state index in [0.717, 1.165) is 26.1 Å². The molecule has 1 heterocycles. The highest BCUT2D eigenvalue weighted by atomic mass is 32.2. The Kier molecular flexibility index (Phi) is 4.48. The lowest BCUT2D eigenvalue weighted by Crippen LogP contribution is -2.42. The number of hydrogen-bond acceptors (Lipinski definition) is 3. The summed E-state index contributed by atoms with van der Waals surface area (Å²) >= 11 is 1.77. The van der Waals surface area contributed by atoms with Gasteiger partial charge >= 0.3 is 0 Å². The van der Waals surface area contributed by atoms with E-state index in [-0.39, 0.29) is 6.10 Å². The molecular formula is C14H21NOS. The minimum Gasteiger partial charge on any atom is -0.392 e. The molecule has 2 atom stereocenters. The zero-order valence-electron chi connectivity index (χ0n) is 10.6. The van der Waals surface area contributed by atoms with Gasteiger partial charge in [0.05, 0.1) is 6.10 Å². The lowest BCUT2D eigenvalue weighted by atomic mass is 9.96. The summed E-state index contributed by atoms with van der Waals surface area (Å²) in [5.41, 5.74) is 1.34. The molecule has 2 nitrogen and oxygen atoms in total. The molecule has 3 heteroatoms. The second kappa shape index (κ2) is 5.89. The van der Waals surface area contributed by atoms with E-state index in [0.29, 0.717) is 5.92 Å². The highest BCUT2D eigenvalue weighted by Gasteiger charge is 2.23. The molecule has 0 aromatic heterocycles. The Hall–Kier alpha value is -0.510. The van der Waals surface area contributed by atoms with Gasteiger partial charge in [0.2, 0.25) is 0 Å². The molecule has 0 saturated carbocycles. The maximum absolute atomic E-state index is 9.86. The molecule has 2 rings (SSSR count). The normalized spacial score (nSPS) is 26.1. The van der Waals surface area contributed by atoms with Gasteiger partial charge in [0.25, 0.3) is 0 Å². The van der Waals surface area contributed by atoms with Crippen molar-refractivity contribution in [1.29, 1.82) is 0 Å². The zero-order chi connectivity index (χ0) is 12.3. The molecule has 94 valence electrons. The van der Waals surface area contributed by atoms with E-state index in [4.69, 9.17) is 0 Å². The van der Waals surface area contributed by atoms with Crippen molar-refractivity contribution in [1.82, 2.24) is 4.90 Å². The number of aliphatic hydroxyl groups excluding tert-OH is 1. The number of benzene rings is 1. The topological polar surface area (TPSA) is 23.5 Å². The van der Waals surface area contributed by atoms with Crippen LogP contribution in [-0.4, -0.2) is 35.5 Å². The fourth-order valence-corrected chi connectivity index (χ4v) is 2.66. The van der Waals surface area contributed by atoms with Crippen molar-refractivity contribution in [2.45, 2.75) is 30.9 Å². The molecule has 0 amide bonds. The first kappa shape index (κ1) is 12.9. The SMILES string of the molecule is CSc1ccc(CN2CCC(C)C(O)C2)cc1. The Morgan fingerprint density at radius 1 is 1.35 bits per heavy atom. The van der Waals surface area contributed by atoms with Crippen LogP contribution < -0.4 is 0 Å². The van der Waals surface area contributed by atoms with Gasteiger partial charge in [-0.3, -0.25) is 4.90 Å². The first-order valence-corrected chi connectivity index (χ1v) is 7.45. The summed E-state index contributed by atoms with van der Waals surface area (Å²) in [6.45, 7) is 5.00. The first-order valence-electron chi connectivity index (χ1n) is 6.22. The molecule has 1 aliphatic heterocycles. The van der Waals surface area contributed by atoms with Gasteiger partial charge in [-0.05, 0) is 42.8 Å².